The van der Waals surface area contributed by atoms with Gasteiger partial charge in [-0.05, 0) is 6.42 Å². The van der Waals surface area contributed by atoms with Crippen LogP contribution in [0.2, 0.25) is 0 Å². The number of carbonyl (C=O) groups excluding carboxylic acids is 1. The zero-order valence-corrected chi connectivity index (χ0v) is 13.2. The van der Waals surface area contributed by atoms with Crippen molar-refractivity contribution in [2.45, 2.75) is 12.8 Å². The second kappa shape index (κ2) is 15.7. The molecule has 0 radical (unpaired) electrons. The Labute approximate surface area is 128 Å². The number of hydrogen-bond acceptors (Lipinski definition) is 5. The van der Waals surface area contributed by atoms with Crippen LogP contribution in [-0.4, -0.2) is 77.4 Å². The molecule has 0 rings (SSSR count). The van der Waals surface area contributed by atoms with Gasteiger partial charge in [0.15, 0.2) is 0 Å². The summed E-state index contributed by atoms with van der Waals surface area (Å²) in [7, 11) is 0. The Kier molecular flexibility index (Phi) is 23.8. The number of carboxylic acid groups (broad SMARTS) is 2. The molecule has 0 heterocycles. The van der Waals surface area contributed by atoms with E-state index >= 15 is 0 Å². The number of rotatable bonds is 4. The molecule has 0 amide bonds. The van der Waals surface area contributed by atoms with Crippen LogP contribution in [-0.2, 0) is 22.2 Å². The Bertz CT molecular complexity index is 127. The summed E-state index contributed by atoms with van der Waals surface area (Å²) >= 11 is 7.99. The molecule has 0 unspecified atom stereocenters. The number of thiol groups is 1. The van der Waals surface area contributed by atoms with Crippen LogP contribution in [0.4, 0.5) is 0 Å². The molecule has 0 atom stereocenters. The van der Waals surface area contributed by atoms with Crippen LogP contribution in [0.3, 0.4) is 0 Å². The standard InChI is InChI=1S/2C3H6O2S.Ba/c2*4-3(5)1-2-6;/h2*6H,1-2H2,(H,4,5);/q;;+2/p-2. The number of carboxylic acids is 2. The average Bonchev–Trinajstić information content (AvgIpc) is 1.87. The van der Waals surface area contributed by atoms with Crippen LogP contribution >= 0.6 is 12.6 Å². The smallest absolute Gasteiger partial charge is 0.792 e. The molecular formula is C6H10BaO4S2. The van der Waals surface area contributed by atoms with E-state index in [1.807, 2.05) is 0 Å². The number of hydrogen-bond donors (Lipinski definition) is 2. The first kappa shape index (κ1) is 19.7. The van der Waals surface area contributed by atoms with Crippen molar-refractivity contribution in [3.05, 3.63) is 0 Å². The van der Waals surface area contributed by atoms with Gasteiger partial charge >= 0.3 is 54.9 Å². The predicted octanol–water partition coefficient (Wildman–Crippen LogP) is -1.32. The molecule has 1 N–H and O–H groups in total. The molecule has 7 heteroatoms. The maximum atomic E-state index is 9.55. The van der Waals surface area contributed by atoms with Crippen molar-refractivity contribution < 1.29 is 19.8 Å². The second-order valence-corrected chi connectivity index (χ2v) is 2.55. The molecule has 0 fully saturated rings. The fraction of sp³-hybridized carbons (Fsp3) is 0.667. The van der Waals surface area contributed by atoms with Gasteiger partial charge in [-0.1, -0.05) is 0 Å². The van der Waals surface area contributed by atoms with Gasteiger partial charge in [-0.15, -0.1) is 0 Å². The van der Waals surface area contributed by atoms with Gasteiger partial charge < -0.3 is 27.6 Å². The number of aliphatic carboxylic acids is 2. The summed E-state index contributed by atoms with van der Waals surface area (Å²) in [4.78, 5) is 19.0. The Morgan fingerprint density at radius 3 is 1.85 bits per heavy atom. The molecule has 0 aliphatic rings. The number of carbonyl (C=O) groups is 2. The Morgan fingerprint density at radius 2 is 1.85 bits per heavy atom. The minimum atomic E-state index is -1.06. The second-order valence-electron chi connectivity index (χ2n) is 1.69. The van der Waals surface area contributed by atoms with Gasteiger partial charge in [-0.2, -0.15) is 18.4 Å². The van der Waals surface area contributed by atoms with Crippen molar-refractivity contribution in [2.75, 3.05) is 11.5 Å². The molecule has 4 nitrogen and oxygen atoms in total. The topological polar surface area (TPSA) is 77.4 Å². The Morgan fingerprint density at radius 1 is 1.38 bits per heavy atom. The maximum absolute atomic E-state index is 9.55. The molecular weight excluding hydrogens is 338 g/mol. The first-order valence-corrected chi connectivity index (χ1v) is 4.36. The summed E-state index contributed by atoms with van der Waals surface area (Å²) < 4.78 is 0. The maximum Gasteiger partial charge on any atom is 2.00 e. The van der Waals surface area contributed by atoms with E-state index in [-0.39, 0.29) is 67.5 Å². The third-order valence-corrected chi connectivity index (χ3v) is 1.06. The van der Waals surface area contributed by atoms with E-state index in [4.69, 9.17) is 5.11 Å². The van der Waals surface area contributed by atoms with Gasteiger partial charge in [0.05, 0.1) is 6.42 Å². The SMILES string of the molecule is O=C(O)CCS.O=C([O-])CC[S-].[Ba+2]. The molecule has 0 aromatic rings. The fourth-order valence-electron chi connectivity index (χ4n) is 0.179. The van der Waals surface area contributed by atoms with Crippen LogP contribution in [0.25, 0.3) is 0 Å². The zero-order valence-electron chi connectivity index (χ0n) is 7.06. The van der Waals surface area contributed by atoms with Crippen molar-refractivity contribution >= 4 is 86.1 Å². The van der Waals surface area contributed by atoms with E-state index in [0.29, 0.717) is 5.75 Å². The van der Waals surface area contributed by atoms with E-state index in [0.717, 1.165) is 0 Å². The van der Waals surface area contributed by atoms with Gasteiger partial charge in [-0.3, -0.25) is 4.79 Å². The summed E-state index contributed by atoms with van der Waals surface area (Å²) in [6, 6.07) is 0. The first-order chi connectivity index (χ1) is 5.54. The third-order valence-electron chi connectivity index (χ3n) is 0.632. The Balaban J connectivity index is -0.000000143. The average molecular weight is 348 g/mol. The molecule has 13 heavy (non-hydrogen) atoms. The largest absolute Gasteiger partial charge is 2.00 e. The Hall–Kier alpha value is 1.21. The van der Waals surface area contributed by atoms with Crippen LogP contribution in [0.15, 0.2) is 0 Å². The van der Waals surface area contributed by atoms with E-state index in [2.05, 4.69) is 25.3 Å². The van der Waals surface area contributed by atoms with Crippen molar-refractivity contribution in [1.82, 2.24) is 0 Å². The molecule has 0 aromatic carbocycles. The molecule has 0 spiro atoms. The fourth-order valence-corrected chi connectivity index (χ4v) is 0.537. The molecule has 0 aliphatic carbocycles. The van der Waals surface area contributed by atoms with E-state index in [1.54, 1.807) is 0 Å². The van der Waals surface area contributed by atoms with Crippen LogP contribution in [0.5, 0.6) is 0 Å². The van der Waals surface area contributed by atoms with E-state index < -0.39 is 11.9 Å². The monoisotopic (exact) mass is 348 g/mol. The molecule has 0 saturated heterocycles. The minimum Gasteiger partial charge on any atom is -0.792 e. The van der Waals surface area contributed by atoms with Crippen LogP contribution < -0.4 is 5.11 Å². The third kappa shape index (κ3) is 31.9. The van der Waals surface area contributed by atoms with Gasteiger partial charge in [0, 0.05) is 11.7 Å². The summed E-state index contributed by atoms with van der Waals surface area (Å²) in [5.41, 5.74) is 0. The summed E-state index contributed by atoms with van der Waals surface area (Å²) in [6.45, 7) is 0. The summed E-state index contributed by atoms with van der Waals surface area (Å²) in [5, 5.41) is 17.3. The summed E-state index contributed by atoms with van der Waals surface area (Å²) in [5.74, 6) is -1.17. The van der Waals surface area contributed by atoms with Gasteiger partial charge in [0.1, 0.15) is 0 Å². The van der Waals surface area contributed by atoms with Crippen molar-refractivity contribution in [3.63, 3.8) is 0 Å². The van der Waals surface area contributed by atoms with E-state index in [1.165, 1.54) is 0 Å². The molecule has 0 bridgehead atoms. The van der Waals surface area contributed by atoms with Crippen molar-refractivity contribution in [3.8, 4) is 0 Å². The van der Waals surface area contributed by atoms with Crippen LogP contribution in [0.1, 0.15) is 12.8 Å². The first-order valence-electron chi connectivity index (χ1n) is 3.15. The molecule has 0 aromatic heterocycles. The normalized spacial score (nSPS) is 7.54. The quantitative estimate of drug-likeness (QED) is 0.375. The van der Waals surface area contributed by atoms with Crippen molar-refractivity contribution in [1.29, 1.82) is 0 Å². The van der Waals surface area contributed by atoms with Gasteiger partial charge in [-0.25, -0.2) is 0 Å². The van der Waals surface area contributed by atoms with E-state index in [9.17, 15) is 14.7 Å². The van der Waals surface area contributed by atoms with Crippen molar-refractivity contribution in [2.24, 2.45) is 0 Å². The summed E-state index contributed by atoms with van der Waals surface area (Å²) in [6.07, 6.45) is 0.151. The predicted molar refractivity (Wildman–Crippen MR) is 53.7 cm³/mol. The minimum absolute atomic E-state index is 0. The molecule has 0 saturated carbocycles. The zero-order chi connectivity index (χ0) is 9.98. The molecule has 72 valence electrons. The van der Waals surface area contributed by atoms with Crippen LogP contribution in [0, 0.1) is 0 Å². The van der Waals surface area contributed by atoms with Gasteiger partial charge in [0.25, 0.3) is 0 Å². The molecule has 0 aliphatic heterocycles. The van der Waals surface area contributed by atoms with Gasteiger partial charge in [0.2, 0.25) is 0 Å².